The van der Waals surface area contributed by atoms with E-state index in [4.69, 9.17) is 4.74 Å². The minimum atomic E-state index is -1.31. The fourth-order valence-electron chi connectivity index (χ4n) is 5.38. The average molecular weight is 522 g/mol. The van der Waals surface area contributed by atoms with Gasteiger partial charge in [0.2, 0.25) is 5.91 Å². The highest BCUT2D eigenvalue weighted by atomic mass is 32.2. The van der Waals surface area contributed by atoms with E-state index >= 15 is 0 Å². The molecule has 2 aliphatic rings. The van der Waals surface area contributed by atoms with Crippen LogP contribution < -0.4 is 10.1 Å². The number of rotatable bonds is 11. The maximum Gasteiger partial charge on any atom is 0.221 e. The molecule has 1 heterocycles. The Morgan fingerprint density at radius 1 is 1.03 bits per heavy atom. The first-order valence-electron chi connectivity index (χ1n) is 13.4. The molecule has 3 rings (SSSR count). The third-order valence-electron chi connectivity index (χ3n) is 7.63. The molecule has 0 spiro atoms. The zero-order chi connectivity index (χ0) is 26.2. The number of ether oxygens (including phenoxy) is 1. The first kappa shape index (κ1) is 29.0. The molecule has 9 heteroatoms. The van der Waals surface area contributed by atoms with E-state index in [1.54, 1.807) is 11.4 Å². The van der Waals surface area contributed by atoms with Crippen LogP contribution in [0.3, 0.4) is 0 Å². The van der Waals surface area contributed by atoms with Gasteiger partial charge in [0.05, 0.1) is 12.0 Å². The summed E-state index contributed by atoms with van der Waals surface area (Å²) in [5.74, 6) is 0.824. The Morgan fingerprint density at radius 2 is 1.64 bits per heavy atom. The van der Waals surface area contributed by atoms with Gasteiger partial charge >= 0.3 is 0 Å². The monoisotopic (exact) mass is 521 g/mol. The average Bonchev–Trinajstić information content (AvgIpc) is 2.86. The summed E-state index contributed by atoms with van der Waals surface area (Å²) in [6, 6.07) is 4.72. The Labute approximate surface area is 220 Å². The maximum absolute atomic E-state index is 13.1. The number of amides is 1. The highest BCUT2D eigenvalue weighted by molar-refractivity contribution is 7.82. The van der Waals surface area contributed by atoms with Crippen molar-refractivity contribution < 1.29 is 13.7 Å². The molecule has 1 unspecified atom stereocenters. The largest absolute Gasteiger partial charge is 0.497 e. The normalized spacial score (nSPS) is 22.7. The van der Waals surface area contributed by atoms with Crippen LogP contribution in [0.5, 0.6) is 5.75 Å². The molecule has 36 heavy (non-hydrogen) atoms. The molecule has 0 radical (unpaired) electrons. The molecule has 1 N–H and O–H groups in total. The van der Waals surface area contributed by atoms with Crippen LogP contribution in [0.2, 0.25) is 0 Å². The van der Waals surface area contributed by atoms with Gasteiger partial charge in [-0.15, -0.1) is 0 Å². The van der Waals surface area contributed by atoms with Crippen LogP contribution in [0, 0.1) is 13.8 Å². The van der Waals surface area contributed by atoms with Crippen molar-refractivity contribution in [2.24, 2.45) is 0 Å². The molecule has 204 valence electrons. The SMILES string of the molecule is COc1cc(C)c(S(=O)N(C)CCC(=O)NC2CCC(N3CCN(CCN(C)C)CC3)CC2)c(C)c1. The number of nitrogens with one attached hydrogen (secondary N) is 1. The van der Waals surface area contributed by atoms with Gasteiger partial charge in [0.1, 0.15) is 16.7 Å². The Balaban J connectivity index is 1.37. The second-order valence-corrected chi connectivity index (χ2v) is 12.2. The zero-order valence-corrected chi connectivity index (χ0v) is 24.0. The summed E-state index contributed by atoms with van der Waals surface area (Å²) in [7, 11) is 6.41. The number of carbonyl (C=O) groups excluding carboxylic acids is 1. The van der Waals surface area contributed by atoms with Crippen molar-refractivity contribution in [2.75, 3.05) is 74.1 Å². The number of aryl methyl sites for hydroxylation is 2. The van der Waals surface area contributed by atoms with Gasteiger partial charge in [0, 0.05) is 71.4 Å². The van der Waals surface area contributed by atoms with Gasteiger partial charge in [-0.25, -0.2) is 8.51 Å². The Bertz CT molecular complexity index is 857. The lowest BCUT2D eigenvalue weighted by Crippen LogP contribution is -2.53. The second-order valence-electron chi connectivity index (χ2n) is 10.7. The van der Waals surface area contributed by atoms with Gasteiger partial charge in [-0.2, -0.15) is 0 Å². The summed E-state index contributed by atoms with van der Waals surface area (Å²) in [4.78, 5) is 20.9. The predicted molar refractivity (Wildman–Crippen MR) is 147 cm³/mol. The Kier molecular flexibility index (Phi) is 11.2. The smallest absolute Gasteiger partial charge is 0.221 e. The van der Waals surface area contributed by atoms with Gasteiger partial charge in [0.15, 0.2) is 0 Å². The first-order chi connectivity index (χ1) is 17.2. The van der Waals surface area contributed by atoms with Crippen LogP contribution in [0.1, 0.15) is 43.2 Å². The van der Waals surface area contributed by atoms with Gasteiger partial charge in [0.25, 0.3) is 0 Å². The molecule has 1 aromatic rings. The summed E-state index contributed by atoms with van der Waals surface area (Å²) in [6.45, 7) is 11.3. The quantitative estimate of drug-likeness (QED) is 0.482. The maximum atomic E-state index is 13.1. The van der Waals surface area contributed by atoms with E-state index in [9.17, 15) is 9.00 Å². The van der Waals surface area contributed by atoms with Crippen LogP contribution in [0.25, 0.3) is 0 Å². The minimum absolute atomic E-state index is 0.0555. The van der Waals surface area contributed by atoms with Crippen molar-refractivity contribution in [3.05, 3.63) is 23.3 Å². The van der Waals surface area contributed by atoms with E-state index in [0.717, 1.165) is 86.7 Å². The molecule has 0 bridgehead atoms. The third-order valence-corrected chi connectivity index (χ3v) is 9.37. The highest BCUT2D eigenvalue weighted by Gasteiger charge is 2.29. The summed E-state index contributed by atoms with van der Waals surface area (Å²) in [6.07, 6.45) is 4.75. The zero-order valence-electron chi connectivity index (χ0n) is 23.2. The molecule has 1 amide bonds. The fourth-order valence-corrected chi connectivity index (χ4v) is 6.62. The topological polar surface area (TPSA) is 68.4 Å². The number of likely N-dealkylation sites (N-methyl/N-ethyl adjacent to an activating group) is 1. The van der Waals surface area contributed by atoms with E-state index in [1.807, 2.05) is 33.0 Å². The van der Waals surface area contributed by atoms with Crippen molar-refractivity contribution >= 4 is 16.9 Å². The van der Waals surface area contributed by atoms with Gasteiger partial charge in [-0.05, 0) is 76.9 Å². The molecule has 0 aromatic heterocycles. The van der Waals surface area contributed by atoms with Crippen LogP contribution in [0.15, 0.2) is 17.0 Å². The molecule has 2 fully saturated rings. The number of piperazine rings is 1. The lowest BCUT2D eigenvalue weighted by atomic mass is 9.89. The summed E-state index contributed by atoms with van der Waals surface area (Å²) in [5, 5.41) is 3.24. The second kappa shape index (κ2) is 13.9. The lowest BCUT2D eigenvalue weighted by molar-refractivity contribution is -0.122. The van der Waals surface area contributed by atoms with Crippen molar-refractivity contribution in [3.8, 4) is 5.75 Å². The van der Waals surface area contributed by atoms with E-state index < -0.39 is 11.0 Å². The van der Waals surface area contributed by atoms with Crippen molar-refractivity contribution in [2.45, 2.75) is 62.9 Å². The third kappa shape index (κ3) is 8.25. The molecule has 1 atom stereocenters. The highest BCUT2D eigenvalue weighted by Crippen LogP contribution is 2.26. The van der Waals surface area contributed by atoms with Crippen molar-refractivity contribution in [1.82, 2.24) is 24.3 Å². The number of carbonyl (C=O) groups is 1. The first-order valence-corrected chi connectivity index (χ1v) is 14.5. The number of nitrogens with zero attached hydrogens (tertiary/aromatic N) is 4. The Morgan fingerprint density at radius 3 is 2.19 bits per heavy atom. The predicted octanol–water partition coefficient (Wildman–Crippen LogP) is 2.26. The van der Waals surface area contributed by atoms with E-state index in [-0.39, 0.29) is 11.9 Å². The molecular weight excluding hydrogens is 474 g/mol. The van der Waals surface area contributed by atoms with Gasteiger partial charge < -0.3 is 15.0 Å². The van der Waals surface area contributed by atoms with Crippen LogP contribution >= 0.6 is 0 Å². The summed E-state index contributed by atoms with van der Waals surface area (Å²) in [5.41, 5.74) is 1.88. The molecular formula is C27H47N5O3S. The number of hydrogen-bond acceptors (Lipinski definition) is 6. The molecule has 1 saturated heterocycles. The summed E-state index contributed by atoms with van der Waals surface area (Å²) < 4.78 is 20.2. The summed E-state index contributed by atoms with van der Waals surface area (Å²) >= 11 is 0. The molecule has 8 nitrogen and oxygen atoms in total. The fraction of sp³-hybridized carbons (Fsp3) is 0.741. The van der Waals surface area contributed by atoms with Gasteiger partial charge in [-0.3, -0.25) is 14.6 Å². The van der Waals surface area contributed by atoms with E-state index in [0.29, 0.717) is 19.0 Å². The lowest BCUT2D eigenvalue weighted by Gasteiger charge is -2.42. The Hall–Kier alpha value is -1.52. The number of hydrogen-bond donors (Lipinski definition) is 1. The van der Waals surface area contributed by atoms with Crippen LogP contribution in [-0.4, -0.2) is 115 Å². The molecule has 1 aliphatic carbocycles. The van der Waals surface area contributed by atoms with Crippen molar-refractivity contribution in [1.29, 1.82) is 0 Å². The van der Waals surface area contributed by atoms with E-state index in [2.05, 4.69) is 34.1 Å². The standard InChI is InChI=1S/C27H47N5O3S/c1-21-19-25(35-6)20-22(2)27(21)36(34)30(5)12-11-26(33)28-23-7-9-24(10-8-23)32-17-15-31(16-18-32)14-13-29(3)4/h19-20,23-24H,7-18H2,1-6H3,(H,28,33). The molecule has 1 aliphatic heterocycles. The molecule has 1 aromatic carbocycles. The van der Waals surface area contributed by atoms with Crippen LogP contribution in [-0.2, 0) is 15.8 Å². The van der Waals surface area contributed by atoms with E-state index in [1.165, 1.54) is 0 Å². The number of methoxy groups -OCH3 is 1. The number of benzene rings is 1. The van der Waals surface area contributed by atoms with Crippen molar-refractivity contribution in [3.63, 3.8) is 0 Å². The van der Waals surface area contributed by atoms with Gasteiger partial charge in [-0.1, -0.05) is 0 Å². The minimum Gasteiger partial charge on any atom is -0.497 e. The molecule has 1 saturated carbocycles. The van der Waals surface area contributed by atoms with Crippen LogP contribution in [0.4, 0.5) is 0 Å².